The molecule has 0 atom stereocenters. The minimum Gasteiger partial charge on any atom is -0.354 e. The van der Waals surface area contributed by atoms with Crippen molar-refractivity contribution in [3.05, 3.63) is 24.2 Å². The van der Waals surface area contributed by atoms with Crippen LogP contribution in [0.1, 0.15) is 38.4 Å². The van der Waals surface area contributed by atoms with Gasteiger partial charge >= 0.3 is 0 Å². The summed E-state index contributed by atoms with van der Waals surface area (Å²) in [5.41, 5.74) is 0.860. The van der Waals surface area contributed by atoms with Crippen molar-refractivity contribution in [3.63, 3.8) is 0 Å². The van der Waals surface area contributed by atoms with Crippen molar-refractivity contribution < 1.29 is 9.32 Å². The molecule has 4 rings (SSSR count). The van der Waals surface area contributed by atoms with E-state index in [1.165, 1.54) is 6.42 Å². The first kappa shape index (κ1) is 17.0. The van der Waals surface area contributed by atoms with E-state index in [9.17, 15) is 4.79 Å². The third kappa shape index (κ3) is 3.30. The highest BCUT2D eigenvalue weighted by atomic mass is 16.5. The Balaban J connectivity index is 1.51. The van der Waals surface area contributed by atoms with E-state index >= 15 is 0 Å². The number of anilines is 1. The first-order valence-electron chi connectivity index (χ1n) is 9.58. The number of nitrogens with zero attached hydrogens (tertiary/aromatic N) is 5. The number of rotatable bonds is 4. The lowest BCUT2D eigenvalue weighted by atomic mass is 9.84. The van der Waals surface area contributed by atoms with E-state index in [2.05, 4.69) is 20.0 Å². The summed E-state index contributed by atoms with van der Waals surface area (Å²) >= 11 is 0. The Morgan fingerprint density at radius 3 is 2.85 bits per heavy atom. The Bertz CT molecular complexity index is 771. The monoisotopic (exact) mass is 355 g/mol. The maximum absolute atomic E-state index is 12.6. The number of hydrogen-bond acceptors (Lipinski definition) is 6. The maximum atomic E-state index is 12.6. The lowest BCUT2D eigenvalue weighted by Gasteiger charge is -2.31. The van der Waals surface area contributed by atoms with E-state index < -0.39 is 0 Å². The van der Waals surface area contributed by atoms with E-state index in [-0.39, 0.29) is 5.92 Å². The molecule has 2 fully saturated rings. The Labute approximate surface area is 153 Å². The molecule has 2 aromatic rings. The van der Waals surface area contributed by atoms with Crippen LogP contribution in [-0.4, -0.2) is 52.1 Å². The summed E-state index contributed by atoms with van der Waals surface area (Å²) in [6.07, 6.45) is 6.77. The lowest BCUT2D eigenvalue weighted by Crippen LogP contribution is -2.41. The summed E-state index contributed by atoms with van der Waals surface area (Å²) in [5, 5.41) is 4.00. The quantitative estimate of drug-likeness (QED) is 0.839. The molecular weight excluding hydrogens is 330 g/mol. The van der Waals surface area contributed by atoms with Crippen LogP contribution in [0.3, 0.4) is 0 Å². The van der Waals surface area contributed by atoms with Crippen molar-refractivity contribution in [2.75, 3.05) is 31.1 Å². The van der Waals surface area contributed by atoms with Gasteiger partial charge in [0.15, 0.2) is 5.82 Å². The average Bonchev–Trinajstić information content (AvgIpc) is 2.97. The Morgan fingerprint density at radius 1 is 1.23 bits per heavy atom. The van der Waals surface area contributed by atoms with Crippen molar-refractivity contribution in [1.82, 2.24) is 20.0 Å². The number of pyridine rings is 1. The van der Waals surface area contributed by atoms with E-state index in [4.69, 9.17) is 4.52 Å². The van der Waals surface area contributed by atoms with Gasteiger partial charge in [0.05, 0.1) is 5.56 Å². The van der Waals surface area contributed by atoms with Crippen LogP contribution in [0.15, 0.2) is 22.9 Å². The number of aryl methyl sites for hydroxylation is 1. The fraction of sp³-hybridized carbons (Fsp3) is 0.579. The van der Waals surface area contributed by atoms with Gasteiger partial charge < -0.3 is 14.3 Å². The molecule has 138 valence electrons. The Kier molecular flexibility index (Phi) is 4.86. The Hall–Kier alpha value is -2.44. The molecule has 1 amide bonds. The van der Waals surface area contributed by atoms with Crippen LogP contribution >= 0.6 is 0 Å². The average molecular weight is 355 g/mol. The molecule has 1 aliphatic heterocycles. The second-order valence-electron chi connectivity index (χ2n) is 7.04. The molecular formula is C19H25N5O2. The first-order chi connectivity index (χ1) is 12.8. The van der Waals surface area contributed by atoms with Gasteiger partial charge in [-0.05, 0) is 31.4 Å². The zero-order valence-electron chi connectivity index (χ0n) is 15.2. The molecule has 0 bridgehead atoms. The van der Waals surface area contributed by atoms with Gasteiger partial charge in [-0.3, -0.25) is 4.79 Å². The summed E-state index contributed by atoms with van der Waals surface area (Å²) < 4.78 is 5.42. The van der Waals surface area contributed by atoms with Crippen LogP contribution in [0, 0.1) is 5.92 Å². The molecule has 1 aliphatic carbocycles. The third-order valence-electron chi connectivity index (χ3n) is 5.36. The van der Waals surface area contributed by atoms with Gasteiger partial charge in [0.2, 0.25) is 5.91 Å². The molecule has 0 spiro atoms. The second-order valence-corrected chi connectivity index (χ2v) is 7.04. The topological polar surface area (TPSA) is 75.4 Å². The summed E-state index contributed by atoms with van der Waals surface area (Å²) in [5.74, 6) is 2.66. The Morgan fingerprint density at radius 2 is 2.12 bits per heavy atom. The highest BCUT2D eigenvalue weighted by Crippen LogP contribution is 2.30. The molecule has 1 saturated heterocycles. The number of hydrogen-bond donors (Lipinski definition) is 0. The normalized spacial score (nSPS) is 18.5. The van der Waals surface area contributed by atoms with Crippen molar-refractivity contribution in [1.29, 1.82) is 0 Å². The fourth-order valence-corrected chi connectivity index (χ4v) is 3.59. The molecule has 1 saturated carbocycles. The van der Waals surface area contributed by atoms with Crippen molar-refractivity contribution in [3.8, 4) is 11.5 Å². The van der Waals surface area contributed by atoms with Crippen LogP contribution in [0.2, 0.25) is 0 Å². The van der Waals surface area contributed by atoms with Crippen LogP contribution < -0.4 is 4.90 Å². The van der Waals surface area contributed by atoms with Crippen molar-refractivity contribution in [2.45, 2.75) is 39.0 Å². The molecule has 0 aromatic carbocycles. The van der Waals surface area contributed by atoms with Gasteiger partial charge in [-0.25, -0.2) is 4.98 Å². The van der Waals surface area contributed by atoms with Gasteiger partial charge in [0.25, 0.3) is 5.89 Å². The highest BCUT2D eigenvalue weighted by molar-refractivity contribution is 5.79. The molecule has 26 heavy (non-hydrogen) atoms. The van der Waals surface area contributed by atoms with E-state index in [0.29, 0.717) is 17.6 Å². The number of aromatic nitrogens is 3. The lowest BCUT2D eigenvalue weighted by molar-refractivity contribution is -0.137. The number of amides is 1. The predicted molar refractivity (Wildman–Crippen MR) is 97.7 cm³/mol. The molecule has 0 radical (unpaired) electrons. The maximum Gasteiger partial charge on any atom is 0.261 e. The molecule has 0 unspecified atom stereocenters. The molecule has 0 N–H and O–H groups in total. The summed E-state index contributed by atoms with van der Waals surface area (Å²) in [6.45, 7) is 5.22. The van der Waals surface area contributed by atoms with Gasteiger partial charge in [-0.2, -0.15) is 4.98 Å². The van der Waals surface area contributed by atoms with E-state index in [1.54, 1.807) is 6.20 Å². The van der Waals surface area contributed by atoms with Gasteiger partial charge in [-0.1, -0.05) is 18.5 Å². The van der Waals surface area contributed by atoms with Crippen molar-refractivity contribution in [2.24, 2.45) is 5.92 Å². The summed E-state index contributed by atoms with van der Waals surface area (Å²) in [7, 11) is 0. The number of carbonyl (C=O) groups is 1. The van der Waals surface area contributed by atoms with Crippen molar-refractivity contribution >= 4 is 11.7 Å². The first-order valence-corrected chi connectivity index (χ1v) is 9.58. The molecule has 3 heterocycles. The van der Waals surface area contributed by atoms with Crippen LogP contribution in [0.25, 0.3) is 11.5 Å². The van der Waals surface area contributed by atoms with Crippen LogP contribution in [0.5, 0.6) is 0 Å². The molecule has 2 aromatic heterocycles. The van der Waals surface area contributed by atoms with E-state index in [1.807, 2.05) is 24.0 Å². The minimum absolute atomic E-state index is 0.262. The molecule has 7 heteroatoms. The fourth-order valence-electron chi connectivity index (χ4n) is 3.59. The van der Waals surface area contributed by atoms with Crippen LogP contribution in [-0.2, 0) is 11.2 Å². The van der Waals surface area contributed by atoms with Crippen LogP contribution in [0.4, 0.5) is 5.82 Å². The standard InChI is InChI=1S/C19H25N5O2/c1-2-16-21-18(26-22-16)15-8-4-9-20-17(15)23-10-5-11-24(13-12-23)19(25)14-6-3-7-14/h4,8-9,14H,2-3,5-7,10-13H2,1H3. The molecule has 2 aliphatic rings. The largest absolute Gasteiger partial charge is 0.354 e. The number of carbonyl (C=O) groups excluding carboxylic acids is 1. The van der Waals surface area contributed by atoms with Gasteiger partial charge in [0.1, 0.15) is 5.82 Å². The minimum atomic E-state index is 0.262. The summed E-state index contributed by atoms with van der Waals surface area (Å²) in [4.78, 5) is 25.9. The zero-order chi connectivity index (χ0) is 17.9. The molecule has 7 nitrogen and oxygen atoms in total. The summed E-state index contributed by atoms with van der Waals surface area (Å²) in [6, 6.07) is 3.86. The highest BCUT2D eigenvalue weighted by Gasteiger charge is 2.31. The second kappa shape index (κ2) is 7.43. The SMILES string of the molecule is CCc1noc(-c2cccnc2N2CCCN(C(=O)C3CCC3)CC2)n1. The van der Waals surface area contributed by atoms with Gasteiger partial charge in [0, 0.05) is 44.7 Å². The van der Waals surface area contributed by atoms with E-state index in [0.717, 1.165) is 63.2 Å². The third-order valence-corrected chi connectivity index (χ3v) is 5.36. The van der Waals surface area contributed by atoms with Gasteiger partial charge in [-0.15, -0.1) is 0 Å². The predicted octanol–water partition coefficient (Wildman–Crippen LogP) is 2.53. The zero-order valence-corrected chi connectivity index (χ0v) is 15.2. The smallest absolute Gasteiger partial charge is 0.261 e.